The second-order valence-corrected chi connectivity index (χ2v) is 9.10. The van der Waals surface area contributed by atoms with Crippen LogP contribution in [0.2, 0.25) is 0 Å². The predicted molar refractivity (Wildman–Crippen MR) is 115 cm³/mol. The molecule has 2 aromatic carbocycles. The molecule has 1 saturated heterocycles. The summed E-state index contributed by atoms with van der Waals surface area (Å²) in [6, 6.07) is 14.1. The van der Waals surface area contributed by atoms with Gasteiger partial charge < -0.3 is 10.2 Å². The van der Waals surface area contributed by atoms with E-state index in [1.54, 1.807) is 24.3 Å². The van der Waals surface area contributed by atoms with E-state index < -0.39 is 21.7 Å². The third-order valence-corrected chi connectivity index (χ3v) is 7.02. The quantitative estimate of drug-likeness (QED) is 0.635. The number of nitrogens with zero attached hydrogens (tertiary/aromatic N) is 3. The lowest BCUT2D eigenvalue weighted by Crippen LogP contribution is -2.50. The number of amides is 1. The van der Waals surface area contributed by atoms with E-state index in [4.69, 9.17) is 0 Å². The van der Waals surface area contributed by atoms with Crippen LogP contribution < -0.4 is 5.32 Å². The number of anilines is 2. The second kappa shape index (κ2) is 9.01. The number of piperazine rings is 1. The maximum absolute atomic E-state index is 14.0. The molecule has 1 fully saturated rings. The van der Waals surface area contributed by atoms with Crippen LogP contribution >= 0.6 is 0 Å². The highest BCUT2D eigenvalue weighted by Crippen LogP contribution is 2.24. The number of carbonyl (C=O) groups excluding carboxylic acids is 1. The predicted octanol–water partition coefficient (Wildman–Crippen LogP) is 3.25. The average molecular weight is 458 g/mol. The van der Waals surface area contributed by atoms with Crippen LogP contribution in [-0.4, -0.2) is 54.7 Å². The molecule has 1 N–H and O–H groups in total. The molecule has 7 nitrogen and oxygen atoms in total. The fourth-order valence-electron chi connectivity index (χ4n) is 3.45. The van der Waals surface area contributed by atoms with Crippen molar-refractivity contribution in [3.8, 4) is 0 Å². The molecule has 0 saturated carbocycles. The summed E-state index contributed by atoms with van der Waals surface area (Å²) in [6.07, 6.45) is 1.49. The lowest BCUT2D eigenvalue weighted by Gasteiger charge is -2.34. The van der Waals surface area contributed by atoms with E-state index in [0.717, 1.165) is 6.07 Å². The molecule has 0 aliphatic carbocycles. The van der Waals surface area contributed by atoms with Crippen LogP contribution in [0.15, 0.2) is 71.8 Å². The van der Waals surface area contributed by atoms with Gasteiger partial charge in [0.1, 0.15) is 17.5 Å². The molecule has 0 bridgehead atoms. The van der Waals surface area contributed by atoms with Crippen LogP contribution in [0.1, 0.15) is 10.4 Å². The van der Waals surface area contributed by atoms with E-state index in [1.165, 1.54) is 45.7 Å². The van der Waals surface area contributed by atoms with Gasteiger partial charge >= 0.3 is 0 Å². The van der Waals surface area contributed by atoms with Crippen molar-refractivity contribution >= 4 is 27.4 Å². The zero-order valence-electron chi connectivity index (χ0n) is 16.9. The van der Waals surface area contributed by atoms with Crippen LogP contribution in [0, 0.1) is 11.6 Å². The third kappa shape index (κ3) is 4.46. The van der Waals surface area contributed by atoms with Gasteiger partial charge in [0.25, 0.3) is 5.91 Å². The summed E-state index contributed by atoms with van der Waals surface area (Å²) < 4.78 is 54.3. The number of halogens is 2. The Morgan fingerprint density at radius 2 is 1.69 bits per heavy atom. The molecule has 0 spiro atoms. The number of para-hydroxylation sites is 1. The number of carbonyl (C=O) groups is 1. The topological polar surface area (TPSA) is 82.6 Å². The lowest BCUT2D eigenvalue weighted by atomic mass is 10.2. The summed E-state index contributed by atoms with van der Waals surface area (Å²) >= 11 is 0. The van der Waals surface area contributed by atoms with Crippen molar-refractivity contribution in [2.24, 2.45) is 0 Å². The molecule has 1 amide bonds. The smallest absolute Gasteiger partial charge is 0.257 e. The molecule has 10 heteroatoms. The maximum Gasteiger partial charge on any atom is 0.257 e. The molecule has 3 aromatic rings. The van der Waals surface area contributed by atoms with Crippen LogP contribution in [0.5, 0.6) is 0 Å². The first kappa shape index (κ1) is 21.8. The average Bonchev–Trinajstić information content (AvgIpc) is 2.80. The van der Waals surface area contributed by atoms with Gasteiger partial charge in [0.05, 0.1) is 16.1 Å². The minimum absolute atomic E-state index is 0.0704. The number of aromatic nitrogens is 1. The first-order valence-corrected chi connectivity index (χ1v) is 11.3. The van der Waals surface area contributed by atoms with Gasteiger partial charge in [0.15, 0.2) is 0 Å². The first-order chi connectivity index (χ1) is 15.4. The number of nitrogens with one attached hydrogen (secondary N) is 1. The van der Waals surface area contributed by atoms with E-state index in [1.807, 2.05) is 0 Å². The summed E-state index contributed by atoms with van der Waals surface area (Å²) in [4.78, 5) is 18.7. The zero-order chi connectivity index (χ0) is 22.7. The Labute approximate surface area is 184 Å². The van der Waals surface area contributed by atoms with Crippen LogP contribution in [0.4, 0.5) is 20.3 Å². The number of hydrogen-bond donors (Lipinski definition) is 1. The van der Waals surface area contributed by atoms with Gasteiger partial charge in [-0.3, -0.25) is 4.79 Å². The molecule has 166 valence electrons. The molecular weight excluding hydrogens is 438 g/mol. The first-order valence-electron chi connectivity index (χ1n) is 9.88. The highest BCUT2D eigenvalue weighted by atomic mass is 32.2. The molecule has 2 heterocycles. The standard InChI is InChI=1S/C22H20F2N4O3S/c23-16-5-3-6-17(15-16)32(30,31)28-13-11-27(12-14-28)22(29)18-7-4-10-25-21(18)26-20-9-2-1-8-19(20)24/h1-10,15H,11-14H2,(H,25,26). The van der Waals surface area contributed by atoms with Gasteiger partial charge in [-0.05, 0) is 42.5 Å². The molecule has 4 rings (SSSR count). The van der Waals surface area contributed by atoms with Gasteiger partial charge in [0.2, 0.25) is 10.0 Å². The number of benzene rings is 2. The summed E-state index contributed by atoms with van der Waals surface area (Å²) in [5.41, 5.74) is 0.434. The van der Waals surface area contributed by atoms with Crippen molar-refractivity contribution in [2.45, 2.75) is 4.90 Å². The normalized spacial score (nSPS) is 14.9. The van der Waals surface area contributed by atoms with E-state index in [2.05, 4.69) is 10.3 Å². The molecule has 1 aliphatic heterocycles. The highest BCUT2D eigenvalue weighted by molar-refractivity contribution is 7.89. The Kier molecular flexibility index (Phi) is 6.15. The summed E-state index contributed by atoms with van der Waals surface area (Å²) in [5, 5.41) is 2.85. The minimum Gasteiger partial charge on any atom is -0.337 e. The Bertz CT molecular complexity index is 1250. The van der Waals surface area contributed by atoms with E-state index in [0.29, 0.717) is 0 Å². The summed E-state index contributed by atoms with van der Waals surface area (Å²) in [7, 11) is -3.86. The molecule has 32 heavy (non-hydrogen) atoms. The number of hydrogen-bond acceptors (Lipinski definition) is 5. The van der Waals surface area contributed by atoms with Gasteiger partial charge in [-0.2, -0.15) is 4.31 Å². The van der Waals surface area contributed by atoms with Gasteiger partial charge in [-0.15, -0.1) is 0 Å². The van der Waals surface area contributed by atoms with E-state index in [-0.39, 0.29) is 54.1 Å². The Balaban J connectivity index is 1.48. The van der Waals surface area contributed by atoms with Gasteiger partial charge in [0, 0.05) is 32.4 Å². The van der Waals surface area contributed by atoms with Crippen molar-refractivity contribution < 1.29 is 22.0 Å². The molecule has 0 atom stereocenters. The SMILES string of the molecule is O=C(c1cccnc1Nc1ccccc1F)N1CCN(S(=O)(=O)c2cccc(F)c2)CC1. The van der Waals surface area contributed by atoms with E-state index in [9.17, 15) is 22.0 Å². The number of pyridine rings is 1. The van der Waals surface area contributed by atoms with Crippen molar-refractivity contribution in [1.29, 1.82) is 0 Å². The largest absolute Gasteiger partial charge is 0.337 e. The van der Waals surface area contributed by atoms with Gasteiger partial charge in [-0.25, -0.2) is 22.2 Å². The van der Waals surface area contributed by atoms with Gasteiger partial charge in [-0.1, -0.05) is 18.2 Å². The van der Waals surface area contributed by atoms with Crippen LogP contribution in [0.25, 0.3) is 0 Å². The molecule has 0 radical (unpaired) electrons. The Morgan fingerprint density at radius 3 is 2.41 bits per heavy atom. The maximum atomic E-state index is 14.0. The third-order valence-electron chi connectivity index (χ3n) is 5.12. The van der Waals surface area contributed by atoms with Crippen LogP contribution in [-0.2, 0) is 10.0 Å². The van der Waals surface area contributed by atoms with Crippen molar-refractivity contribution in [2.75, 3.05) is 31.5 Å². The summed E-state index contributed by atoms with van der Waals surface area (Å²) in [5.74, 6) is -1.25. The molecular formula is C22H20F2N4O3S. The van der Waals surface area contributed by atoms with E-state index >= 15 is 0 Å². The number of sulfonamides is 1. The monoisotopic (exact) mass is 458 g/mol. The van der Waals surface area contributed by atoms with Crippen molar-refractivity contribution in [3.63, 3.8) is 0 Å². The summed E-state index contributed by atoms with van der Waals surface area (Å²) in [6.45, 7) is 0.449. The fourth-order valence-corrected chi connectivity index (χ4v) is 4.90. The number of rotatable bonds is 5. The molecule has 0 unspecified atom stereocenters. The fraction of sp³-hybridized carbons (Fsp3) is 0.182. The van der Waals surface area contributed by atoms with Crippen molar-refractivity contribution in [1.82, 2.24) is 14.2 Å². The minimum atomic E-state index is -3.86. The lowest BCUT2D eigenvalue weighted by molar-refractivity contribution is 0.0698. The highest BCUT2D eigenvalue weighted by Gasteiger charge is 2.31. The zero-order valence-corrected chi connectivity index (χ0v) is 17.7. The second-order valence-electron chi connectivity index (χ2n) is 7.16. The van der Waals surface area contributed by atoms with Crippen molar-refractivity contribution in [3.05, 3.63) is 84.1 Å². The Hall–Kier alpha value is -3.37. The van der Waals surface area contributed by atoms with Crippen LogP contribution in [0.3, 0.4) is 0 Å². The molecule has 1 aromatic heterocycles. The Morgan fingerprint density at radius 1 is 0.938 bits per heavy atom. The molecule has 1 aliphatic rings.